The number of halogens is 1. The Bertz CT molecular complexity index is 721. The van der Waals surface area contributed by atoms with Crippen LogP contribution >= 0.6 is 15.9 Å². The minimum atomic E-state index is 0.274. The van der Waals surface area contributed by atoms with Crippen LogP contribution in [0.3, 0.4) is 0 Å². The molecule has 2 aromatic carbocycles. The lowest BCUT2D eigenvalue weighted by molar-refractivity contribution is 0.197. The molecule has 0 bridgehead atoms. The summed E-state index contributed by atoms with van der Waals surface area (Å²) in [5.74, 6) is 0.608. The number of nitrogens with zero attached hydrogens (tertiary/aromatic N) is 1. The predicted octanol–water partition coefficient (Wildman–Crippen LogP) is 4.58. The molecule has 3 atom stereocenters. The van der Waals surface area contributed by atoms with E-state index in [1.807, 2.05) is 0 Å². The molecule has 2 N–H and O–H groups in total. The van der Waals surface area contributed by atoms with Gasteiger partial charge in [-0.15, -0.1) is 0 Å². The number of nitrogens with one attached hydrogen (secondary N) is 1. The lowest BCUT2D eigenvalue weighted by Gasteiger charge is -2.40. The molecule has 2 heterocycles. The first-order chi connectivity index (χ1) is 12.3. The molecule has 0 amide bonds. The maximum atomic E-state index is 9.27. The second-order valence-corrected chi connectivity index (χ2v) is 8.12. The molecular formula is C21H25BrN2O. The number of likely N-dealkylation sites (tertiary alicyclic amines) is 1. The summed E-state index contributed by atoms with van der Waals surface area (Å²) in [4.78, 5) is 2.64. The Kier molecular flexibility index (Phi) is 5.11. The van der Waals surface area contributed by atoms with Gasteiger partial charge in [0.1, 0.15) is 0 Å². The van der Waals surface area contributed by atoms with E-state index in [-0.39, 0.29) is 6.61 Å². The molecule has 4 rings (SSSR count). The van der Waals surface area contributed by atoms with E-state index in [1.165, 1.54) is 23.2 Å². The molecule has 3 nitrogen and oxygen atoms in total. The van der Waals surface area contributed by atoms with Gasteiger partial charge in [0, 0.05) is 41.3 Å². The zero-order chi connectivity index (χ0) is 17.2. The van der Waals surface area contributed by atoms with E-state index in [0.717, 1.165) is 30.4 Å². The molecule has 0 saturated carbocycles. The fourth-order valence-electron chi connectivity index (χ4n) is 4.54. The van der Waals surface area contributed by atoms with Crippen LogP contribution in [0.25, 0.3) is 0 Å². The second-order valence-electron chi connectivity index (χ2n) is 7.20. The summed E-state index contributed by atoms with van der Waals surface area (Å²) in [6.45, 7) is 2.41. The lowest BCUT2D eigenvalue weighted by atomic mass is 9.81. The summed E-state index contributed by atoms with van der Waals surface area (Å²) in [5, 5.41) is 13.0. The molecular weight excluding hydrogens is 376 g/mol. The van der Waals surface area contributed by atoms with Crippen LogP contribution in [0.15, 0.2) is 53.0 Å². The summed E-state index contributed by atoms with van der Waals surface area (Å²) in [5.41, 5.74) is 4.05. The molecule has 4 heteroatoms. The molecule has 2 aliphatic rings. The van der Waals surface area contributed by atoms with Crippen molar-refractivity contribution in [3.05, 3.63) is 64.1 Å². The molecule has 1 saturated heterocycles. The number of aliphatic hydroxyl groups is 1. The number of aliphatic hydroxyl groups excluding tert-OH is 1. The smallest absolute Gasteiger partial charge is 0.0431 e. The van der Waals surface area contributed by atoms with Crippen molar-refractivity contribution < 1.29 is 5.11 Å². The Morgan fingerprint density at radius 2 is 2.00 bits per heavy atom. The molecule has 2 aliphatic heterocycles. The van der Waals surface area contributed by atoms with Crippen LogP contribution in [0.4, 0.5) is 5.69 Å². The molecule has 1 fully saturated rings. The highest BCUT2D eigenvalue weighted by molar-refractivity contribution is 9.10. The molecule has 0 radical (unpaired) electrons. The molecule has 0 aliphatic carbocycles. The van der Waals surface area contributed by atoms with E-state index in [4.69, 9.17) is 0 Å². The standard InChI is InChI=1S/C21H25BrN2O/c22-16-8-9-20-18(13-16)21-17(19(23-20)7-4-12-25)10-11-24(21)14-15-5-2-1-3-6-15/h1-3,5-6,8-9,13,17,19,21,23,25H,4,7,10-12,14H2/t17-,19-,21-/m1/s1. The summed E-state index contributed by atoms with van der Waals surface area (Å²) < 4.78 is 1.15. The van der Waals surface area contributed by atoms with Crippen LogP contribution in [0.1, 0.15) is 36.4 Å². The van der Waals surface area contributed by atoms with Gasteiger partial charge in [-0.25, -0.2) is 0 Å². The summed E-state index contributed by atoms with van der Waals surface area (Å²) in [6, 6.07) is 18.3. The monoisotopic (exact) mass is 400 g/mol. The highest BCUT2D eigenvalue weighted by Crippen LogP contribution is 2.48. The third-order valence-electron chi connectivity index (χ3n) is 5.64. The van der Waals surface area contributed by atoms with Gasteiger partial charge >= 0.3 is 0 Å². The number of hydrogen-bond acceptors (Lipinski definition) is 3. The average molecular weight is 401 g/mol. The van der Waals surface area contributed by atoms with Crippen molar-refractivity contribution in [2.45, 2.75) is 37.9 Å². The lowest BCUT2D eigenvalue weighted by Crippen LogP contribution is -2.39. The number of anilines is 1. The number of fused-ring (bicyclic) bond motifs is 3. The Balaban J connectivity index is 1.65. The van der Waals surface area contributed by atoms with Crippen molar-refractivity contribution in [3.8, 4) is 0 Å². The molecule has 0 aromatic heterocycles. The van der Waals surface area contributed by atoms with Gasteiger partial charge in [0.15, 0.2) is 0 Å². The minimum Gasteiger partial charge on any atom is -0.396 e. The second kappa shape index (κ2) is 7.48. The maximum absolute atomic E-state index is 9.27. The van der Waals surface area contributed by atoms with Gasteiger partial charge < -0.3 is 10.4 Å². The summed E-state index contributed by atoms with van der Waals surface area (Å²) in [7, 11) is 0. The van der Waals surface area contributed by atoms with Gasteiger partial charge in [-0.1, -0.05) is 46.3 Å². The van der Waals surface area contributed by atoms with E-state index < -0.39 is 0 Å². The average Bonchev–Trinajstić information content (AvgIpc) is 3.05. The quantitative estimate of drug-likeness (QED) is 0.770. The van der Waals surface area contributed by atoms with Crippen LogP contribution in [-0.4, -0.2) is 29.2 Å². The van der Waals surface area contributed by atoms with Crippen LogP contribution in [0.2, 0.25) is 0 Å². The van der Waals surface area contributed by atoms with Gasteiger partial charge in [0.05, 0.1) is 0 Å². The highest BCUT2D eigenvalue weighted by atomic mass is 79.9. The normalized spacial score (nSPS) is 25.3. The summed E-state index contributed by atoms with van der Waals surface area (Å²) in [6.07, 6.45) is 3.12. The van der Waals surface area contributed by atoms with Crippen molar-refractivity contribution in [3.63, 3.8) is 0 Å². The maximum Gasteiger partial charge on any atom is 0.0431 e. The number of rotatable bonds is 5. The SMILES string of the molecule is OCCC[C@H]1Nc2ccc(Br)cc2[C@H]2[C@@H]1CCN2Cc1ccccc1. The van der Waals surface area contributed by atoms with Crippen LogP contribution < -0.4 is 5.32 Å². The minimum absolute atomic E-state index is 0.274. The van der Waals surface area contributed by atoms with Gasteiger partial charge in [-0.3, -0.25) is 4.90 Å². The van der Waals surface area contributed by atoms with Crippen LogP contribution in [-0.2, 0) is 6.54 Å². The van der Waals surface area contributed by atoms with E-state index in [1.54, 1.807) is 0 Å². The van der Waals surface area contributed by atoms with Crippen molar-refractivity contribution >= 4 is 21.6 Å². The van der Waals surface area contributed by atoms with E-state index in [0.29, 0.717) is 18.0 Å². The zero-order valence-corrected chi connectivity index (χ0v) is 16.0. The van der Waals surface area contributed by atoms with E-state index in [2.05, 4.69) is 74.7 Å². The molecule has 0 unspecified atom stereocenters. The van der Waals surface area contributed by atoms with Crippen molar-refractivity contribution in [1.29, 1.82) is 0 Å². The van der Waals surface area contributed by atoms with Gasteiger partial charge in [0.25, 0.3) is 0 Å². The topological polar surface area (TPSA) is 35.5 Å². The van der Waals surface area contributed by atoms with Gasteiger partial charge in [-0.05, 0) is 55.1 Å². The third-order valence-corrected chi connectivity index (χ3v) is 6.13. The third kappa shape index (κ3) is 3.48. The van der Waals surface area contributed by atoms with Crippen molar-refractivity contribution in [2.75, 3.05) is 18.5 Å². The first-order valence-electron chi connectivity index (χ1n) is 9.21. The summed E-state index contributed by atoms with van der Waals surface area (Å²) >= 11 is 3.65. The Labute approximate surface area is 158 Å². The molecule has 132 valence electrons. The molecule has 0 spiro atoms. The molecule has 2 aromatic rings. The van der Waals surface area contributed by atoms with Crippen LogP contribution in [0.5, 0.6) is 0 Å². The first kappa shape index (κ1) is 17.1. The van der Waals surface area contributed by atoms with Gasteiger partial charge in [-0.2, -0.15) is 0 Å². The number of benzene rings is 2. The largest absolute Gasteiger partial charge is 0.396 e. The Hall–Kier alpha value is -1.36. The Morgan fingerprint density at radius 3 is 2.80 bits per heavy atom. The van der Waals surface area contributed by atoms with E-state index in [9.17, 15) is 5.11 Å². The van der Waals surface area contributed by atoms with Crippen molar-refractivity contribution in [2.24, 2.45) is 5.92 Å². The fourth-order valence-corrected chi connectivity index (χ4v) is 4.92. The first-order valence-corrected chi connectivity index (χ1v) is 10.0. The highest BCUT2D eigenvalue weighted by Gasteiger charge is 2.43. The number of hydrogen-bond donors (Lipinski definition) is 2. The predicted molar refractivity (Wildman–Crippen MR) is 106 cm³/mol. The van der Waals surface area contributed by atoms with E-state index >= 15 is 0 Å². The van der Waals surface area contributed by atoms with Crippen LogP contribution in [0, 0.1) is 5.92 Å². The fraction of sp³-hybridized carbons (Fsp3) is 0.429. The zero-order valence-electron chi connectivity index (χ0n) is 14.4. The van der Waals surface area contributed by atoms with Gasteiger partial charge in [0.2, 0.25) is 0 Å². The Morgan fingerprint density at radius 1 is 1.16 bits per heavy atom. The molecule has 25 heavy (non-hydrogen) atoms. The van der Waals surface area contributed by atoms with Crippen molar-refractivity contribution in [1.82, 2.24) is 4.90 Å².